The number of hydrogen-bond donors (Lipinski definition) is 0. The number of rotatable bonds is 8. The molecule has 0 saturated heterocycles. The molecule has 0 fully saturated rings. The van der Waals surface area contributed by atoms with Crippen LogP contribution in [-0.4, -0.2) is 30.1 Å². The Morgan fingerprint density at radius 3 is 2.77 bits per heavy atom. The Balaban J connectivity index is 1.54. The number of carbonyl (C=O) groups is 2. The van der Waals surface area contributed by atoms with Crippen LogP contribution in [0.1, 0.15) is 43.5 Å². The molecule has 0 amide bonds. The van der Waals surface area contributed by atoms with Gasteiger partial charge in [-0.3, -0.25) is 14.9 Å². The van der Waals surface area contributed by atoms with Crippen molar-refractivity contribution in [3.63, 3.8) is 0 Å². The van der Waals surface area contributed by atoms with Gasteiger partial charge < -0.3 is 14.2 Å². The molecule has 8 heteroatoms. The molecule has 8 nitrogen and oxygen atoms in total. The fourth-order valence-corrected chi connectivity index (χ4v) is 5.97. The first-order valence-electron chi connectivity index (χ1n) is 12.8. The minimum absolute atomic E-state index is 0.0287. The number of aldehydes is 1. The summed E-state index contributed by atoms with van der Waals surface area (Å²) in [6, 6.07) is 10.1. The molecule has 200 valence electrons. The Morgan fingerprint density at radius 1 is 1.28 bits per heavy atom. The molecular weight excluding hydrogens is 498 g/mol. The third-order valence-electron chi connectivity index (χ3n) is 7.80. The third-order valence-corrected chi connectivity index (χ3v) is 7.80. The number of allylic oxidation sites excluding steroid dienone is 3. The minimum Gasteiger partial charge on any atom is -0.459 e. The molecule has 39 heavy (non-hydrogen) atoms. The van der Waals surface area contributed by atoms with E-state index in [1.54, 1.807) is 19.1 Å². The van der Waals surface area contributed by atoms with Gasteiger partial charge in [-0.15, -0.1) is 6.58 Å². The van der Waals surface area contributed by atoms with Crippen LogP contribution in [0.15, 0.2) is 72.9 Å². The lowest BCUT2D eigenvalue weighted by Gasteiger charge is -2.40. The van der Waals surface area contributed by atoms with Crippen LogP contribution >= 0.6 is 0 Å². The van der Waals surface area contributed by atoms with E-state index in [-0.39, 0.29) is 34.8 Å². The van der Waals surface area contributed by atoms with E-state index in [0.717, 1.165) is 24.7 Å². The lowest BCUT2D eigenvalue weighted by molar-refractivity contribution is -0.383. The van der Waals surface area contributed by atoms with Gasteiger partial charge in [-0.1, -0.05) is 55.5 Å². The first kappa shape index (κ1) is 26.2. The molecule has 0 N–H and O–H groups in total. The van der Waals surface area contributed by atoms with Crippen LogP contribution in [0.25, 0.3) is 21.5 Å². The van der Waals surface area contributed by atoms with Crippen LogP contribution in [0, 0.1) is 21.4 Å². The first-order valence-corrected chi connectivity index (χ1v) is 12.8. The molecule has 3 aromatic carbocycles. The highest BCUT2D eigenvalue weighted by Gasteiger charge is 2.38. The third kappa shape index (κ3) is 4.46. The highest BCUT2D eigenvalue weighted by atomic mass is 16.7. The summed E-state index contributed by atoms with van der Waals surface area (Å²) in [5.74, 6) is -0.272. The fourth-order valence-electron chi connectivity index (χ4n) is 5.97. The molecule has 3 aromatic rings. The lowest BCUT2D eigenvalue weighted by Crippen LogP contribution is -2.33. The highest BCUT2D eigenvalue weighted by Crippen LogP contribution is 2.49. The summed E-state index contributed by atoms with van der Waals surface area (Å²) in [6.45, 7) is 11.7. The molecule has 0 unspecified atom stereocenters. The molecule has 0 bridgehead atoms. The number of hydrogen-bond acceptors (Lipinski definition) is 7. The van der Waals surface area contributed by atoms with Crippen molar-refractivity contribution in [2.45, 2.75) is 39.2 Å². The molecule has 0 saturated carbocycles. The Bertz CT molecular complexity index is 1590. The minimum atomic E-state index is -0.710. The van der Waals surface area contributed by atoms with E-state index in [1.165, 1.54) is 12.1 Å². The van der Waals surface area contributed by atoms with Gasteiger partial charge in [0.25, 0.3) is 5.69 Å². The van der Waals surface area contributed by atoms with Gasteiger partial charge in [-0.05, 0) is 47.6 Å². The number of ether oxygens (including phenoxy) is 3. The van der Waals surface area contributed by atoms with Gasteiger partial charge in [0.2, 0.25) is 6.79 Å². The normalized spacial score (nSPS) is 20.8. The summed E-state index contributed by atoms with van der Waals surface area (Å²) < 4.78 is 17.2. The number of fused-ring (bicyclic) bond motifs is 5. The molecule has 0 radical (unpaired) electrons. The largest absolute Gasteiger partial charge is 0.459 e. The Labute approximate surface area is 225 Å². The summed E-state index contributed by atoms with van der Waals surface area (Å²) in [7, 11) is 0. The zero-order valence-electron chi connectivity index (χ0n) is 21.9. The Kier molecular flexibility index (Phi) is 6.72. The number of benzene rings is 3. The molecule has 1 aliphatic heterocycles. The predicted molar refractivity (Wildman–Crippen MR) is 148 cm³/mol. The van der Waals surface area contributed by atoms with E-state index in [4.69, 9.17) is 14.2 Å². The van der Waals surface area contributed by atoms with Gasteiger partial charge in [-0.2, -0.15) is 0 Å². The molecular formula is C31H29NO7. The maximum Gasteiger partial charge on any atom is 0.339 e. The summed E-state index contributed by atoms with van der Waals surface area (Å²) in [6.07, 6.45) is 6.11. The van der Waals surface area contributed by atoms with Gasteiger partial charge in [0.15, 0.2) is 11.5 Å². The summed E-state index contributed by atoms with van der Waals surface area (Å²) in [5, 5.41) is 14.1. The summed E-state index contributed by atoms with van der Waals surface area (Å²) in [4.78, 5) is 37.0. The van der Waals surface area contributed by atoms with Crippen molar-refractivity contribution in [1.82, 2.24) is 0 Å². The van der Waals surface area contributed by atoms with E-state index >= 15 is 0 Å². The van der Waals surface area contributed by atoms with Crippen molar-refractivity contribution in [2.24, 2.45) is 11.3 Å². The second kappa shape index (κ2) is 10.0. The highest BCUT2D eigenvalue weighted by molar-refractivity contribution is 6.21. The number of nitro benzene ring substituents is 1. The molecule has 0 aromatic heterocycles. The van der Waals surface area contributed by atoms with E-state index in [0.29, 0.717) is 39.7 Å². The van der Waals surface area contributed by atoms with Crippen molar-refractivity contribution in [3.8, 4) is 11.5 Å². The van der Waals surface area contributed by atoms with Crippen molar-refractivity contribution >= 4 is 39.5 Å². The van der Waals surface area contributed by atoms with E-state index < -0.39 is 17.0 Å². The quantitative estimate of drug-likeness (QED) is 0.0600. The van der Waals surface area contributed by atoms with E-state index in [9.17, 15) is 19.7 Å². The Hall–Kier alpha value is -4.46. The van der Waals surface area contributed by atoms with Crippen molar-refractivity contribution in [2.75, 3.05) is 6.79 Å². The van der Waals surface area contributed by atoms with Crippen molar-refractivity contribution < 1.29 is 28.7 Å². The van der Waals surface area contributed by atoms with Crippen LogP contribution in [0.2, 0.25) is 0 Å². The average Bonchev–Trinajstić information content (AvgIpc) is 3.40. The SMILES string of the molecule is C=C[C@@]1(C)CCC=C(C[C@H](C)OC(=O)c2cc3c(c4c2c([N+](=O)[O-])cc2ccccc24)OCO3)[C@H]1C(=C)C=O. The predicted octanol–water partition coefficient (Wildman–Crippen LogP) is 6.85. The lowest BCUT2D eigenvalue weighted by atomic mass is 9.64. The van der Waals surface area contributed by atoms with Crippen LogP contribution in [0.5, 0.6) is 11.5 Å². The molecule has 2 aliphatic rings. The fraction of sp³-hybridized carbons (Fsp3) is 0.290. The number of nitrogens with zero attached hydrogens (tertiary/aromatic N) is 1. The van der Waals surface area contributed by atoms with Crippen LogP contribution in [0.3, 0.4) is 0 Å². The number of non-ortho nitro benzene ring substituents is 1. The zero-order valence-corrected chi connectivity index (χ0v) is 21.9. The van der Waals surface area contributed by atoms with Gasteiger partial charge in [0.1, 0.15) is 12.4 Å². The van der Waals surface area contributed by atoms with Gasteiger partial charge in [0, 0.05) is 23.8 Å². The van der Waals surface area contributed by atoms with Gasteiger partial charge >= 0.3 is 5.97 Å². The van der Waals surface area contributed by atoms with Gasteiger partial charge in [-0.25, -0.2) is 4.79 Å². The Morgan fingerprint density at radius 2 is 2.05 bits per heavy atom. The smallest absolute Gasteiger partial charge is 0.339 e. The molecule has 1 heterocycles. The topological polar surface area (TPSA) is 105 Å². The number of nitro groups is 1. The first-order chi connectivity index (χ1) is 18.7. The summed E-state index contributed by atoms with van der Waals surface area (Å²) >= 11 is 0. The molecule has 1 aliphatic carbocycles. The zero-order chi connectivity index (χ0) is 27.9. The standard InChI is InChI=1S/C31H29NO7/c1-5-31(4)12-8-10-21(28(31)18(2)16-33)13-19(3)39-30(34)23-15-25-29(38-17-37-25)27-22-11-7-6-9-20(22)14-24(26(23)27)32(35)36/h5-7,9-11,14-16,19,28H,1-2,8,12-13,17H2,3-4H3/t19-,28+,31-/m0/s1. The van der Waals surface area contributed by atoms with Crippen LogP contribution in [-0.2, 0) is 9.53 Å². The van der Waals surface area contributed by atoms with E-state index in [2.05, 4.69) is 19.2 Å². The second-order valence-corrected chi connectivity index (χ2v) is 10.4. The number of esters is 1. The molecule has 3 atom stereocenters. The monoisotopic (exact) mass is 527 g/mol. The molecule has 0 spiro atoms. The van der Waals surface area contributed by atoms with Crippen molar-refractivity contribution in [3.05, 3.63) is 88.5 Å². The van der Waals surface area contributed by atoms with Gasteiger partial charge in [0.05, 0.1) is 15.9 Å². The van der Waals surface area contributed by atoms with Crippen LogP contribution < -0.4 is 9.47 Å². The number of carbonyl (C=O) groups excluding carboxylic acids is 2. The van der Waals surface area contributed by atoms with Crippen molar-refractivity contribution in [1.29, 1.82) is 0 Å². The average molecular weight is 528 g/mol. The van der Waals surface area contributed by atoms with E-state index in [1.807, 2.05) is 25.1 Å². The second-order valence-electron chi connectivity index (χ2n) is 10.4. The van der Waals surface area contributed by atoms with Crippen LogP contribution in [0.4, 0.5) is 5.69 Å². The maximum absolute atomic E-state index is 13.6. The maximum atomic E-state index is 13.6. The molecule has 5 rings (SSSR count). The summed E-state index contributed by atoms with van der Waals surface area (Å²) in [5.41, 5.74) is 0.863.